The number of nitrogens with one attached hydrogen (secondary N) is 1. The van der Waals surface area contributed by atoms with Crippen LogP contribution in [-0.4, -0.2) is 21.0 Å². The largest absolute Gasteiger partial charge is 0.478 e. The molecule has 1 aromatic carbocycles. The van der Waals surface area contributed by atoms with E-state index in [4.69, 9.17) is 5.11 Å². The van der Waals surface area contributed by atoms with E-state index in [1.165, 1.54) is 0 Å². The van der Waals surface area contributed by atoms with Crippen LogP contribution in [0.5, 0.6) is 0 Å². The minimum absolute atomic E-state index is 0.280. The van der Waals surface area contributed by atoms with Crippen LogP contribution in [0.1, 0.15) is 47.1 Å². The van der Waals surface area contributed by atoms with Gasteiger partial charge in [0.2, 0.25) is 5.95 Å². The Balaban J connectivity index is 2.13. The summed E-state index contributed by atoms with van der Waals surface area (Å²) in [5, 5.41) is 12.1. The van der Waals surface area contributed by atoms with Crippen molar-refractivity contribution >= 4 is 11.9 Å². The molecular weight excluding hydrogens is 266 g/mol. The highest BCUT2D eigenvalue weighted by Gasteiger charge is 2.07. The molecule has 0 radical (unpaired) electrons. The highest BCUT2D eigenvalue weighted by molar-refractivity contribution is 5.87. The van der Waals surface area contributed by atoms with Crippen molar-refractivity contribution in [3.05, 3.63) is 52.8 Å². The van der Waals surface area contributed by atoms with Crippen LogP contribution in [0.2, 0.25) is 0 Å². The van der Waals surface area contributed by atoms with Crippen LogP contribution in [0.15, 0.2) is 30.3 Å². The topological polar surface area (TPSA) is 75.1 Å². The van der Waals surface area contributed by atoms with E-state index in [1.807, 2.05) is 19.1 Å². The highest BCUT2D eigenvalue weighted by Crippen LogP contribution is 2.15. The first-order valence-electron chi connectivity index (χ1n) is 6.87. The van der Waals surface area contributed by atoms with Crippen LogP contribution in [-0.2, 0) is 6.54 Å². The number of carboxylic acid groups (broad SMARTS) is 1. The van der Waals surface area contributed by atoms with Crippen LogP contribution in [0.4, 0.5) is 5.95 Å². The molecule has 1 heterocycles. The van der Waals surface area contributed by atoms with E-state index in [0.717, 1.165) is 17.0 Å². The van der Waals surface area contributed by atoms with Gasteiger partial charge in [0, 0.05) is 17.9 Å². The van der Waals surface area contributed by atoms with Crippen molar-refractivity contribution in [3.63, 3.8) is 0 Å². The molecule has 2 N–H and O–H groups in total. The van der Waals surface area contributed by atoms with Crippen LogP contribution in [0, 0.1) is 6.92 Å². The fourth-order valence-corrected chi connectivity index (χ4v) is 1.96. The average Bonchev–Trinajstić information content (AvgIpc) is 2.45. The van der Waals surface area contributed by atoms with Crippen molar-refractivity contribution in [2.24, 2.45) is 0 Å². The normalized spacial score (nSPS) is 10.7. The lowest BCUT2D eigenvalue weighted by atomic mass is 10.1. The van der Waals surface area contributed by atoms with E-state index in [1.54, 1.807) is 18.2 Å². The van der Waals surface area contributed by atoms with Gasteiger partial charge in [0.25, 0.3) is 0 Å². The molecule has 0 saturated carbocycles. The number of hydrogen-bond acceptors (Lipinski definition) is 4. The van der Waals surface area contributed by atoms with Crippen LogP contribution in [0.25, 0.3) is 0 Å². The number of aromatic nitrogens is 2. The fourth-order valence-electron chi connectivity index (χ4n) is 1.96. The van der Waals surface area contributed by atoms with E-state index in [0.29, 0.717) is 18.4 Å². The maximum Gasteiger partial charge on any atom is 0.335 e. The summed E-state index contributed by atoms with van der Waals surface area (Å²) in [5.41, 5.74) is 3.06. The summed E-state index contributed by atoms with van der Waals surface area (Å²) >= 11 is 0. The standard InChI is InChI=1S/C16H19N3O2/c1-10(2)14-7-11(3)18-16(19-14)17-9-12-5-4-6-13(8-12)15(20)21/h4-8,10H,9H2,1-3H3,(H,20,21)(H,17,18,19). The highest BCUT2D eigenvalue weighted by atomic mass is 16.4. The number of carboxylic acids is 1. The van der Waals surface area contributed by atoms with E-state index < -0.39 is 5.97 Å². The molecular formula is C16H19N3O2. The molecule has 1 aromatic heterocycles. The van der Waals surface area contributed by atoms with Gasteiger partial charge in [-0.2, -0.15) is 0 Å². The lowest BCUT2D eigenvalue weighted by Crippen LogP contribution is -2.07. The van der Waals surface area contributed by atoms with Gasteiger partial charge in [-0.05, 0) is 36.6 Å². The molecule has 0 aliphatic heterocycles. The summed E-state index contributed by atoms with van der Waals surface area (Å²) in [7, 11) is 0. The number of hydrogen-bond donors (Lipinski definition) is 2. The lowest BCUT2D eigenvalue weighted by Gasteiger charge is -2.10. The van der Waals surface area contributed by atoms with Gasteiger partial charge in [0.05, 0.1) is 5.56 Å². The molecule has 110 valence electrons. The number of rotatable bonds is 5. The Bertz CT molecular complexity index is 654. The Morgan fingerprint density at radius 1 is 1.29 bits per heavy atom. The average molecular weight is 285 g/mol. The van der Waals surface area contributed by atoms with E-state index in [9.17, 15) is 4.79 Å². The second kappa shape index (κ2) is 6.35. The van der Waals surface area contributed by atoms with Crippen LogP contribution < -0.4 is 5.32 Å². The fraction of sp³-hybridized carbons (Fsp3) is 0.312. The molecule has 0 unspecified atom stereocenters. The third-order valence-corrected chi connectivity index (χ3v) is 3.09. The molecule has 2 rings (SSSR count). The van der Waals surface area contributed by atoms with Gasteiger partial charge in [-0.3, -0.25) is 0 Å². The maximum absolute atomic E-state index is 10.9. The number of aryl methyl sites for hydroxylation is 1. The van der Waals surface area contributed by atoms with Gasteiger partial charge >= 0.3 is 5.97 Å². The molecule has 0 fully saturated rings. The first-order valence-corrected chi connectivity index (χ1v) is 6.87. The molecule has 21 heavy (non-hydrogen) atoms. The van der Waals surface area contributed by atoms with Crippen molar-refractivity contribution in [2.45, 2.75) is 33.2 Å². The molecule has 5 heteroatoms. The Hall–Kier alpha value is -2.43. The molecule has 0 aliphatic carbocycles. The van der Waals surface area contributed by atoms with Gasteiger partial charge in [-0.1, -0.05) is 26.0 Å². The summed E-state index contributed by atoms with van der Waals surface area (Å²) in [5.74, 6) is -0.0206. The molecule has 0 aliphatic rings. The van der Waals surface area contributed by atoms with Crippen molar-refractivity contribution < 1.29 is 9.90 Å². The number of aromatic carboxylic acids is 1. The second-order valence-electron chi connectivity index (χ2n) is 5.27. The summed E-state index contributed by atoms with van der Waals surface area (Å²) in [4.78, 5) is 19.8. The zero-order valence-electron chi connectivity index (χ0n) is 12.4. The molecule has 0 atom stereocenters. The van der Waals surface area contributed by atoms with Gasteiger partial charge in [0.1, 0.15) is 0 Å². The molecule has 0 amide bonds. The molecule has 0 bridgehead atoms. The number of carbonyl (C=O) groups is 1. The van der Waals surface area contributed by atoms with E-state index in [2.05, 4.69) is 29.1 Å². The monoisotopic (exact) mass is 285 g/mol. The Labute approximate surface area is 124 Å². The number of nitrogens with zero attached hydrogens (tertiary/aromatic N) is 2. The Kier molecular flexibility index (Phi) is 4.52. The predicted molar refractivity (Wildman–Crippen MR) is 81.6 cm³/mol. The van der Waals surface area contributed by atoms with Gasteiger partial charge in [0.15, 0.2) is 0 Å². The van der Waals surface area contributed by atoms with Crippen LogP contribution >= 0.6 is 0 Å². The summed E-state index contributed by atoms with van der Waals surface area (Å²) in [6, 6.07) is 8.80. The van der Waals surface area contributed by atoms with E-state index in [-0.39, 0.29) is 5.56 Å². The first-order chi connectivity index (χ1) is 9.95. The zero-order valence-corrected chi connectivity index (χ0v) is 12.4. The summed E-state index contributed by atoms with van der Waals surface area (Å²) < 4.78 is 0. The SMILES string of the molecule is Cc1cc(C(C)C)nc(NCc2cccc(C(=O)O)c2)n1. The van der Waals surface area contributed by atoms with Crippen molar-refractivity contribution in [1.29, 1.82) is 0 Å². The smallest absolute Gasteiger partial charge is 0.335 e. The van der Waals surface area contributed by atoms with Crippen LogP contribution in [0.3, 0.4) is 0 Å². The zero-order chi connectivity index (χ0) is 15.4. The minimum Gasteiger partial charge on any atom is -0.478 e. The Morgan fingerprint density at radius 3 is 2.71 bits per heavy atom. The van der Waals surface area contributed by atoms with E-state index >= 15 is 0 Å². The molecule has 0 spiro atoms. The number of anilines is 1. The predicted octanol–water partition coefficient (Wildman–Crippen LogP) is 3.22. The molecule has 2 aromatic rings. The van der Waals surface area contributed by atoms with Gasteiger partial charge in [-0.25, -0.2) is 14.8 Å². The third kappa shape index (κ3) is 4.02. The quantitative estimate of drug-likeness (QED) is 0.882. The molecule has 0 saturated heterocycles. The summed E-state index contributed by atoms with van der Waals surface area (Å²) in [6.45, 7) is 6.59. The maximum atomic E-state index is 10.9. The van der Waals surface area contributed by atoms with Gasteiger partial charge < -0.3 is 10.4 Å². The second-order valence-corrected chi connectivity index (χ2v) is 5.27. The Morgan fingerprint density at radius 2 is 2.05 bits per heavy atom. The minimum atomic E-state index is -0.925. The van der Waals surface area contributed by atoms with Gasteiger partial charge in [-0.15, -0.1) is 0 Å². The molecule has 5 nitrogen and oxygen atoms in total. The number of benzene rings is 1. The van der Waals surface area contributed by atoms with Crippen molar-refractivity contribution in [2.75, 3.05) is 5.32 Å². The van der Waals surface area contributed by atoms with Crippen molar-refractivity contribution in [3.8, 4) is 0 Å². The summed E-state index contributed by atoms with van der Waals surface area (Å²) in [6.07, 6.45) is 0. The first kappa shape index (κ1) is 15.0. The third-order valence-electron chi connectivity index (χ3n) is 3.09. The lowest BCUT2D eigenvalue weighted by molar-refractivity contribution is 0.0697. The van der Waals surface area contributed by atoms with Crippen molar-refractivity contribution in [1.82, 2.24) is 9.97 Å².